The van der Waals surface area contributed by atoms with Gasteiger partial charge in [-0.1, -0.05) is 30.7 Å². The number of carbonyl (C=O) groups is 1. The third-order valence-electron chi connectivity index (χ3n) is 7.16. The molecular weight excluding hydrogens is 459 g/mol. The number of ether oxygens (including phenoxy) is 2. The van der Waals surface area contributed by atoms with Crippen molar-refractivity contribution in [2.24, 2.45) is 0 Å². The van der Waals surface area contributed by atoms with Crippen LogP contribution in [0.15, 0.2) is 48.5 Å². The number of amides is 1. The molecule has 6 nitrogen and oxygen atoms in total. The van der Waals surface area contributed by atoms with Gasteiger partial charge in [-0.25, -0.2) is 4.39 Å². The van der Waals surface area contributed by atoms with E-state index >= 15 is 0 Å². The molecule has 7 heteroatoms. The van der Waals surface area contributed by atoms with Gasteiger partial charge in [-0.15, -0.1) is 0 Å². The Morgan fingerprint density at radius 2 is 1.83 bits per heavy atom. The number of hydrogen-bond acceptors (Lipinski definition) is 5. The van der Waals surface area contributed by atoms with E-state index in [9.17, 15) is 14.3 Å². The first-order chi connectivity index (χ1) is 17.5. The van der Waals surface area contributed by atoms with Crippen LogP contribution in [0.5, 0.6) is 11.5 Å². The van der Waals surface area contributed by atoms with Gasteiger partial charge >= 0.3 is 0 Å². The lowest BCUT2D eigenvalue weighted by molar-refractivity contribution is -0.130. The lowest BCUT2D eigenvalue weighted by atomic mass is 9.96. The Labute approximate surface area is 214 Å². The second-order valence-electron chi connectivity index (χ2n) is 10.1. The molecule has 0 unspecified atom stereocenters. The molecule has 1 N–H and O–H groups in total. The van der Waals surface area contributed by atoms with E-state index in [1.807, 2.05) is 17.0 Å². The molecule has 4 rings (SSSR count). The first kappa shape index (κ1) is 26.4. The van der Waals surface area contributed by atoms with Gasteiger partial charge < -0.3 is 19.5 Å². The fraction of sp³-hybridized carbons (Fsp3) is 0.552. The summed E-state index contributed by atoms with van der Waals surface area (Å²) >= 11 is 0. The summed E-state index contributed by atoms with van der Waals surface area (Å²) in [4.78, 5) is 16.5. The Hall–Kier alpha value is -2.64. The highest BCUT2D eigenvalue weighted by atomic mass is 19.1. The molecule has 0 radical (unpaired) electrons. The highest BCUT2D eigenvalue weighted by molar-refractivity contribution is 5.76. The number of benzene rings is 2. The average molecular weight is 499 g/mol. The minimum atomic E-state index is -0.962. The predicted octanol–water partition coefficient (Wildman–Crippen LogP) is 4.79. The minimum absolute atomic E-state index is 0.0914. The second-order valence-corrected chi connectivity index (χ2v) is 10.1. The summed E-state index contributed by atoms with van der Waals surface area (Å²) in [5, 5.41) is 11.1. The third-order valence-corrected chi connectivity index (χ3v) is 7.16. The summed E-state index contributed by atoms with van der Waals surface area (Å²) < 4.78 is 25.5. The van der Waals surface area contributed by atoms with Crippen LogP contribution in [0.4, 0.5) is 4.39 Å². The summed E-state index contributed by atoms with van der Waals surface area (Å²) in [5.74, 6) is 0.896. The van der Waals surface area contributed by atoms with Crippen molar-refractivity contribution in [1.29, 1.82) is 0 Å². The Kier molecular flexibility index (Phi) is 9.59. The van der Waals surface area contributed by atoms with Crippen LogP contribution in [-0.4, -0.2) is 65.8 Å². The van der Waals surface area contributed by atoms with Crippen molar-refractivity contribution in [3.63, 3.8) is 0 Å². The Morgan fingerprint density at radius 1 is 0.944 bits per heavy atom. The summed E-state index contributed by atoms with van der Waals surface area (Å²) in [6.07, 6.45) is 6.81. The molecule has 2 aromatic rings. The van der Waals surface area contributed by atoms with Crippen LogP contribution in [-0.2, 0) is 11.3 Å². The van der Waals surface area contributed by atoms with Crippen molar-refractivity contribution < 1.29 is 23.8 Å². The lowest BCUT2D eigenvalue weighted by Gasteiger charge is -2.27. The monoisotopic (exact) mass is 498 g/mol. The van der Waals surface area contributed by atoms with E-state index in [0.29, 0.717) is 25.9 Å². The fourth-order valence-corrected chi connectivity index (χ4v) is 5.02. The summed E-state index contributed by atoms with van der Waals surface area (Å²) in [7, 11) is 0. The first-order valence-electron chi connectivity index (χ1n) is 13.3. The molecule has 196 valence electrons. The molecule has 2 fully saturated rings. The third kappa shape index (κ3) is 7.93. The van der Waals surface area contributed by atoms with Gasteiger partial charge in [0.1, 0.15) is 12.4 Å². The van der Waals surface area contributed by atoms with Crippen LogP contribution in [0.1, 0.15) is 56.9 Å². The number of aliphatic hydroxyl groups is 1. The van der Waals surface area contributed by atoms with Crippen LogP contribution >= 0.6 is 0 Å². The number of rotatable bonds is 10. The molecule has 0 bridgehead atoms. The molecule has 1 amide bonds. The van der Waals surface area contributed by atoms with Gasteiger partial charge in [0, 0.05) is 32.6 Å². The maximum absolute atomic E-state index is 13.9. The standard InChI is InChI=1S/C29H39FN2O4/c30-26-11-3-4-12-27(26)36-23-29(34)14-7-16-31(19-15-29)22-24-9-6-10-25(21-24)35-20-8-18-32-17-5-1-2-13-28(32)33/h3-4,6,9-12,21,34H,1-2,5,7-8,13-20,22-23H2/t29-/m1/s1. The fourth-order valence-electron chi connectivity index (χ4n) is 5.02. The maximum Gasteiger partial charge on any atom is 0.222 e. The molecule has 2 aromatic carbocycles. The largest absolute Gasteiger partial charge is 0.494 e. The number of nitrogens with zero attached hydrogens (tertiary/aromatic N) is 2. The lowest BCUT2D eigenvalue weighted by Crippen LogP contribution is -2.37. The number of hydrogen-bond donors (Lipinski definition) is 1. The number of likely N-dealkylation sites (tertiary alicyclic amines) is 2. The number of para-hydroxylation sites is 1. The molecule has 2 aliphatic rings. The summed E-state index contributed by atoms with van der Waals surface area (Å²) in [6, 6.07) is 14.5. The highest BCUT2D eigenvalue weighted by Crippen LogP contribution is 2.26. The van der Waals surface area contributed by atoms with Gasteiger partial charge in [0.2, 0.25) is 5.91 Å². The Balaban J connectivity index is 1.21. The molecular formula is C29H39FN2O4. The van der Waals surface area contributed by atoms with E-state index in [2.05, 4.69) is 17.0 Å². The zero-order valence-electron chi connectivity index (χ0n) is 21.2. The maximum atomic E-state index is 13.9. The average Bonchev–Trinajstić information content (AvgIpc) is 3.19. The molecule has 0 aromatic heterocycles. The van der Waals surface area contributed by atoms with E-state index < -0.39 is 11.4 Å². The van der Waals surface area contributed by atoms with Crippen molar-refractivity contribution in [3.8, 4) is 11.5 Å². The molecule has 0 spiro atoms. The van der Waals surface area contributed by atoms with Crippen LogP contribution in [0.25, 0.3) is 0 Å². The van der Waals surface area contributed by atoms with Crippen molar-refractivity contribution in [3.05, 3.63) is 59.9 Å². The Morgan fingerprint density at radius 3 is 2.72 bits per heavy atom. The van der Waals surface area contributed by atoms with Gasteiger partial charge in [-0.3, -0.25) is 9.69 Å². The van der Waals surface area contributed by atoms with Crippen molar-refractivity contribution in [1.82, 2.24) is 9.80 Å². The minimum Gasteiger partial charge on any atom is -0.494 e. The van der Waals surface area contributed by atoms with Gasteiger partial charge in [-0.05, 0) is 74.9 Å². The molecule has 1 atom stereocenters. The molecule has 0 saturated carbocycles. The van der Waals surface area contributed by atoms with Gasteiger partial charge in [0.15, 0.2) is 11.6 Å². The second kappa shape index (κ2) is 13.1. The smallest absolute Gasteiger partial charge is 0.222 e. The van der Waals surface area contributed by atoms with E-state index in [-0.39, 0.29) is 18.3 Å². The van der Waals surface area contributed by atoms with E-state index in [1.54, 1.807) is 18.2 Å². The van der Waals surface area contributed by atoms with E-state index in [4.69, 9.17) is 9.47 Å². The normalized spacial score (nSPS) is 21.6. The zero-order valence-corrected chi connectivity index (χ0v) is 21.2. The van der Waals surface area contributed by atoms with Crippen molar-refractivity contribution >= 4 is 5.91 Å². The van der Waals surface area contributed by atoms with E-state index in [0.717, 1.165) is 70.6 Å². The van der Waals surface area contributed by atoms with Crippen LogP contribution < -0.4 is 9.47 Å². The topological polar surface area (TPSA) is 62.2 Å². The summed E-state index contributed by atoms with van der Waals surface area (Å²) in [6.45, 7) is 4.72. The summed E-state index contributed by atoms with van der Waals surface area (Å²) in [5.41, 5.74) is 0.208. The molecule has 0 aliphatic carbocycles. The van der Waals surface area contributed by atoms with Crippen molar-refractivity contribution in [2.75, 3.05) is 39.4 Å². The van der Waals surface area contributed by atoms with E-state index in [1.165, 1.54) is 11.6 Å². The quantitative estimate of drug-likeness (QED) is 0.477. The highest BCUT2D eigenvalue weighted by Gasteiger charge is 2.31. The van der Waals surface area contributed by atoms with Crippen molar-refractivity contribution in [2.45, 2.75) is 63.5 Å². The molecule has 2 saturated heterocycles. The molecule has 36 heavy (non-hydrogen) atoms. The molecule has 2 aliphatic heterocycles. The Bertz CT molecular complexity index is 987. The zero-order chi connectivity index (χ0) is 25.2. The van der Waals surface area contributed by atoms with Gasteiger partial charge in [0.25, 0.3) is 0 Å². The first-order valence-corrected chi connectivity index (χ1v) is 13.3. The van der Waals surface area contributed by atoms with Crippen LogP contribution in [0.2, 0.25) is 0 Å². The number of halogens is 1. The van der Waals surface area contributed by atoms with Gasteiger partial charge in [0.05, 0.1) is 12.2 Å². The molecule has 2 heterocycles. The SMILES string of the molecule is O=C1CCCCCN1CCCOc1cccc(CN2CCC[C@](O)(COc3ccccc3F)CC2)c1. The van der Waals surface area contributed by atoms with Crippen LogP contribution in [0, 0.1) is 5.82 Å². The van der Waals surface area contributed by atoms with Crippen LogP contribution in [0.3, 0.4) is 0 Å². The predicted molar refractivity (Wildman–Crippen MR) is 138 cm³/mol. The van der Waals surface area contributed by atoms with Gasteiger partial charge in [-0.2, -0.15) is 0 Å². The number of carbonyl (C=O) groups excluding carboxylic acids is 1.